The van der Waals surface area contributed by atoms with Crippen LogP contribution in [-0.4, -0.2) is 44.1 Å². The largest absolute Gasteiger partial charge is 0.493 e. The normalized spacial score (nSPS) is 11.3. The topological polar surface area (TPSA) is 85.8 Å². The third-order valence-corrected chi connectivity index (χ3v) is 7.24. The van der Waals surface area contributed by atoms with Crippen molar-refractivity contribution in [1.29, 1.82) is 0 Å². The SMILES string of the molecule is COc1cccc(CN(C(=O)c2csc(Cc3c(Cl)cccc3Cl)n2)S(C)(=O)=O)c1OC. The third kappa shape index (κ3) is 5.35. The van der Waals surface area contributed by atoms with Gasteiger partial charge in [-0.25, -0.2) is 17.7 Å². The summed E-state index contributed by atoms with van der Waals surface area (Å²) in [6.45, 7) is -0.235. The maximum Gasteiger partial charge on any atom is 0.287 e. The van der Waals surface area contributed by atoms with Gasteiger partial charge in [0, 0.05) is 27.4 Å². The maximum absolute atomic E-state index is 13.1. The number of sulfonamides is 1. The number of benzene rings is 2. The standard InChI is InChI=1S/C21H20Cl2N2O5S2/c1-29-18-9-4-6-13(20(18)30-2)11-25(32(3,27)28)21(26)17-12-31-19(24-17)10-14-15(22)7-5-8-16(14)23/h4-9,12H,10-11H2,1-3H3. The molecule has 1 heterocycles. The summed E-state index contributed by atoms with van der Waals surface area (Å²) in [6, 6.07) is 10.2. The second-order valence-electron chi connectivity index (χ2n) is 6.73. The van der Waals surface area contributed by atoms with Gasteiger partial charge in [0.1, 0.15) is 5.69 Å². The van der Waals surface area contributed by atoms with E-state index >= 15 is 0 Å². The molecule has 32 heavy (non-hydrogen) atoms. The molecule has 0 aliphatic heterocycles. The van der Waals surface area contributed by atoms with Crippen molar-refractivity contribution in [3.05, 3.63) is 73.7 Å². The van der Waals surface area contributed by atoms with Crippen molar-refractivity contribution in [2.45, 2.75) is 13.0 Å². The van der Waals surface area contributed by atoms with E-state index in [-0.39, 0.29) is 12.2 Å². The molecule has 0 bridgehead atoms. The van der Waals surface area contributed by atoms with Crippen LogP contribution in [0.1, 0.15) is 26.6 Å². The Morgan fingerprint density at radius 2 is 1.75 bits per heavy atom. The van der Waals surface area contributed by atoms with Crippen LogP contribution in [0.4, 0.5) is 0 Å². The lowest BCUT2D eigenvalue weighted by Crippen LogP contribution is -2.36. The summed E-state index contributed by atoms with van der Waals surface area (Å²) in [5.74, 6) is 0.0346. The fourth-order valence-electron chi connectivity index (χ4n) is 3.04. The van der Waals surface area contributed by atoms with E-state index in [0.29, 0.717) is 44.1 Å². The number of rotatable bonds is 8. The summed E-state index contributed by atoms with van der Waals surface area (Å²) >= 11 is 13.7. The molecule has 3 aromatic rings. The van der Waals surface area contributed by atoms with E-state index in [1.807, 2.05) is 0 Å². The molecular weight excluding hydrogens is 495 g/mol. The number of amides is 1. The van der Waals surface area contributed by atoms with Crippen molar-refractivity contribution < 1.29 is 22.7 Å². The first-order chi connectivity index (χ1) is 15.2. The zero-order chi connectivity index (χ0) is 23.5. The van der Waals surface area contributed by atoms with Gasteiger partial charge in [-0.2, -0.15) is 0 Å². The molecule has 0 spiro atoms. The Morgan fingerprint density at radius 1 is 1.09 bits per heavy atom. The molecule has 0 atom stereocenters. The number of ether oxygens (including phenoxy) is 2. The van der Waals surface area contributed by atoms with Gasteiger partial charge in [-0.3, -0.25) is 4.79 Å². The Bertz CT molecular complexity index is 1220. The third-order valence-electron chi connectivity index (χ3n) is 4.59. The monoisotopic (exact) mass is 514 g/mol. The molecule has 2 aromatic carbocycles. The molecule has 0 fully saturated rings. The molecule has 11 heteroatoms. The first-order valence-electron chi connectivity index (χ1n) is 9.25. The molecule has 170 valence electrons. The summed E-state index contributed by atoms with van der Waals surface area (Å²) in [4.78, 5) is 17.4. The van der Waals surface area contributed by atoms with Crippen LogP contribution in [0.25, 0.3) is 0 Å². The van der Waals surface area contributed by atoms with Crippen LogP contribution >= 0.6 is 34.5 Å². The van der Waals surface area contributed by atoms with Crippen LogP contribution in [0.2, 0.25) is 10.0 Å². The van der Waals surface area contributed by atoms with E-state index in [9.17, 15) is 13.2 Å². The predicted molar refractivity (Wildman–Crippen MR) is 126 cm³/mol. The summed E-state index contributed by atoms with van der Waals surface area (Å²) in [5, 5.41) is 3.08. The van der Waals surface area contributed by atoms with Crippen LogP contribution in [0.15, 0.2) is 41.8 Å². The lowest BCUT2D eigenvalue weighted by atomic mass is 10.1. The lowest BCUT2D eigenvalue weighted by Gasteiger charge is -2.21. The van der Waals surface area contributed by atoms with E-state index in [0.717, 1.165) is 10.6 Å². The summed E-state index contributed by atoms with van der Waals surface area (Å²) in [7, 11) is -0.988. The highest BCUT2D eigenvalue weighted by Gasteiger charge is 2.28. The molecule has 1 aromatic heterocycles. The van der Waals surface area contributed by atoms with Gasteiger partial charge in [-0.05, 0) is 23.8 Å². The van der Waals surface area contributed by atoms with Gasteiger partial charge in [-0.1, -0.05) is 41.4 Å². The highest BCUT2D eigenvalue weighted by molar-refractivity contribution is 7.88. The van der Waals surface area contributed by atoms with Crippen LogP contribution in [0, 0.1) is 0 Å². The lowest BCUT2D eigenvalue weighted by molar-refractivity contribution is 0.0850. The highest BCUT2D eigenvalue weighted by Crippen LogP contribution is 2.32. The molecule has 3 rings (SSSR count). The number of carbonyl (C=O) groups is 1. The summed E-state index contributed by atoms with van der Waals surface area (Å²) in [5.41, 5.74) is 1.18. The second-order valence-corrected chi connectivity index (χ2v) is 10.4. The van der Waals surface area contributed by atoms with Gasteiger partial charge >= 0.3 is 0 Å². The number of methoxy groups -OCH3 is 2. The molecule has 0 radical (unpaired) electrons. The van der Waals surface area contributed by atoms with E-state index in [1.54, 1.807) is 36.4 Å². The first-order valence-corrected chi connectivity index (χ1v) is 12.7. The Labute approximate surface area is 200 Å². The number of nitrogens with zero attached hydrogens (tertiary/aromatic N) is 2. The molecule has 0 unspecified atom stereocenters. The maximum atomic E-state index is 13.1. The van der Waals surface area contributed by atoms with Crippen LogP contribution in [-0.2, 0) is 23.0 Å². The highest BCUT2D eigenvalue weighted by atomic mass is 35.5. The minimum atomic E-state index is -3.91. The molecule has 7 nitrogen and oxygen atoms in total. The van der Waals surface area contributed by atoms with E-state index in [4.69, 9.17) is 32.7 Å². The molecule has 0 saturated carbocycles. The second kappa shape index (κ2) is 10.1. The Morgan fingerprint density at radius 3 is 2.34 bits per heavy atom. The van der Waals surface area contributed by atoms with Crippen molar-refractivity contribution in [2.24, 2.45) is 0 Å². The summed E-state index contributed by atoms with van der Waals surface area (Å²) in [6.07, 6.45) is 1.29. The van der Waals surface area contributed by atoms with Crippen LogP contribution in [0.5, 0.6) is 11.5 Å². The van der Waals surface area contributed by atoms with Crippen molar-refractivity contribution in [3.63, 3.8) is 0 Å². The predicted octanol–water partition coefficient (Wildman–Crippen LogP) is 4.66. The molecular formula is C21H20Cl2N2O5S2. The van der Waals surface area contributed by atoms with Crippen LogP contribution in [0.3, 0.4) is 0 Å². The number of halogens is 2. The number of hydrogen-bond donors (Lipinski definition) is 0. The molecule has 0 N–H and O–H groups in total. The van der Waals surface area contributed by atoms with Crippen LogP contribution < -0.4 is 9.47 Å². The number of carbonyl (C=O) groups excluding carboxylic acids is 1. The Kier molecular flexibility index (Phi) is 7.66. The van der Waals surface area contributed by atoms with Gasteiger partial charge in [0.2, 0.25) is 10.0 Å². The minimum Gasteiger partial charge on any atom is -0.493 e. The van der Waals surface area contributed by atoms with Crippen molar-refractivity contribution in [2.75, 3.05) is 20.5 Å². The average molecular weight is 515 g/mol. The van der Waals surface area contributed by atoms with Gasteiger partial charge in [0.25, 0.3) is 5.91 Å². The fraction of sp³-hybridized carbons (Fsp3) is 0.238. The molecule has 1 amide bonds. The van der Waals surface area contributed by atoms with E-state index in [2.05, 4.69) is 4.98 Å². The van der Waals surface area contributed by atoms with Gasteiger partial charge in [0.05, 0.1) is 32.0 Å². The summed E-state index contributed by atoms with van der Waals surface area (Å²) < 4.78 is 36.3. The fourth-order valence-corrected chi connectivity index (χ4v) is 5.12. The van der Waals surface area contributed by atoms with Gasteiger partial charge in [-0.15, -0.1) is 11.3 Å². The Balaban J connectivity index is 1.90. The quantitative estimate of drug-likeness (QED) is 0.434. The number of hydrogen-bond acceptors (Lipinski definition) is 7. The number of para-hydroxylation sites is 1. The van der Waals surface area contributed by atoms with E-state index < -0.39 is 15.9 Å². The number of aromatic nitrogens is 1. The molecule has 0 saturated heterocycles. The molecule has 0 aliphatic carbocycles. The zero-order valence-corrected chi connectivity index (χ0v) is 20.6. The van der Waals surface area contributed by atoms with Crippen molar-refractivity contribution in [1.82, 2.24) is 9.29 Å². The molecule has 0 aliphatic rings. The zero-order valence-electron chi connectivity index (χ0n) is 17.5. The smallest absolute Gasteiger partial charge is 0.287 e. The Hall–Kier alpha value is -2.33. The van der Waals surface area contributed by atoms with Gasteiger partial charge < -0.3 is 9.47 Å². The van der Waals surface area contributed by atoms with Crippen molar-refractivity contribution in [3.8, 4) is 11.5 Å². The van der Waals surface area contributed by atoms with Gasteiger partial charge in [0.15, 0.2) is 11.5 Å². The average Bonchev–Trinajstić information content (AvgIpc) is 3.21. The first kappa shape index (κ1) is 24.3. The minimum absolute atomic E-state index is 0.0143. The number of thiazole rings is 1. The van der Waals surface area contributed by atoms with Crippen molar-refractivity contribution >= 4 is 50.5 Å². The van der Waals surface area contributed by atoms with E-state index in [1.165, 1.54) is 30.9 Å².